The normalized spacial score (nSPS) is 22.2. The van der Waals surface area contributed by atoms with Crippen LogP contribution >= 0.6 is 11.8 Å². The molecule has 0 unspecified atom stereocenters. The zero-order valence-corrected chi connectivity index (χ0v) is 18.7. The van der Waals surface area contributed by atoms with Crippen molar-refractivity contribution in [1.29, 1.82) is 0 Å². The van der Waals surface area contributed by atoms with Gasteiger partial charge in [-0.2, -0.15) is 16.1 Å². The molecule has 0 saturated carbocycles. The average molecular weight is 425 g/mol. The molecule has 0 atom stereocenters. The molecular weight excluding hydrogens is 392 g/mol. The highest BCUT2D eigenvalue weighted by molar-refractivity contribution is 8.00. The summed E-state index contributed by atoms with van der Waals surface area (Å²) < 4.78 is 27.4. The smallest absolute Gasteiger partial charge is 0.243 e. The molecule has 0 radical (unpaired) electrons. The number of sulfonamides is 1. The zero-order chi connectivity index (χ0) is 20.2. The highest BCUT2D eigenvalue weighted by Gasteiger charge is 2.31. The predicted octanol–water partition coefficient (Wildman–Crippen LogP) is 2.49. The number of nitrogens with zero attached hydrogens (tertiary/aromatic N) is 3. The van der Waals surface area contributed by atoms with Crippen LogP contribution in [0.3, 0.4) is 0 Å². The van der Waals surface area contributed by atoms with E-state index in [1.54, 1.807) is 28.6 Å². The Morgan fingerprint density at radius 3 is 2.50 bits per heavy atom. The van der Waals surface area contributed by atoms with E-state index in [1.165, 1.54) is 0 Å². The molecular formula is C20H32N4O2S2. The molecule has 156 valence electrons. The van der Waals surface area contributed by atoms with Crippen molar-refractivity contribution >= 4 is 27.7 Å². The Morgan fingerprint density at radius 1 is 1.21 bits per heavy atom. The summed E-state index contributed by atoms with van der Waals surface area (Å²) in [6.45, 7) is 8.56. The lowest BCUT2D eigenvalue weighted by Crippen LogP contribution is -2.52. The summed E-state index contributed by atoms with van der Waals surface area (Å²) in [5.41, 5.74) is 0. The van der Waals surface area contributed by atoms with Gasteiger partial charge >= 0.3 is 0 Å². The van der Waals surface area contributed by atoms with Crippen molar-refractivity contribution in [2.45, 2.75) is 36.3 Å². The predicted molar refractivity (Wildman–Crippen MR) is 117 cm³/mol. The van der Waals surface area contributed by atoms with E-state index in [1.807, 2.05) is 24.9 Å². The fourth-order valence-electron chi connectivity index (χ4n) is 3.86. The number of guanidine groups is 1. The van der Waals surface area contributed by atoms with Gasteiger partial charge in [-0.1, -0.05) is 18.2 Å². The summed E-state index contributed by atoms with van der Waals surface area (Å²) in [7, 11) is -1.53. The third-order valence-corrected chi connectivity index (χ3v) is 8.65. The number of thioether (sulfide) groups is 1. The Bertz CT molecular complexity index is 773. The quantitative estimate of drug-likeness (QED) is 0.594. The molecule has 2 aliphatic rings. The first-order valence-corrected chi connectivity index (χ1v) is 12.4. The van der Waals surface area contributed by atoms with E-state index in [0.29, 0.717) is 23.9 Å². The highest BCUT2D eigenvalue weighted by Crippen LogP contribution is 2.29. The SMILES string of the molecule is CN=C(NCC1CCN(S(=O)(=O)c2ccccc2)CC1)N1CCSC(C)(C)C1. The van der Waals surface area contributed by atoms with E-state index in [-0.39, 0.29) is 4.75 Å². The molecule has 1 aromatic rings. The molecule has 0 bridgehead atoms. The monoisotopic (exact) mass is 424 g/mol. The lowest BCUT2D eigenvalue weighted by atomic mass is 9.98. The van der Waals surface area contributed by atoms with Gasteiger partial charge < -0.3 is 10.2 Å². The maximum absolute atomic E-state index is 12.8. The van der Waals surface area contributed by atoms with Crippen molar-refractivity contribution in [3.63, 3.8) is 0 Å². The van der Waals surface area contributed by atoms with Crippen LogP contribution in [0, 0.1) is 5.92 Å². The maximum Gasteiger partial charge on any atom is 0.243 e. The Morgan fingerprint density at radius 2 is 1.89 bits per heavy atom. The number of piperidine rings is 1. The fourth-order valence-corrected chi connectivity index (χ4v) is 6.46. The van der Waals surface area contributed by atoms with Crippen LogP contribution in [-0.2, 0) is 10.0 Å². The fraction of sp³-hybridized carbons (Fsp3) is 0.650. The molecule has 0 amide bonds. The van der Waals surface area contributed by atoms with Crippen molar-refractivity contribution in [2.24, 2.45) is 10.9 Å². The lowest BCUT2D eigenvalue weighted by Gasteiger charge is -2.39. The third-order valence-electron chi connectivity index (χ3n) is 5.44. The van der Waals surface area contributed by atoms with Crippen LogP contribution in [0.2, 0.25) is 0 Å². The first-order chi connectivity index (χ1) is 13.3. The summed E-state index contributed by atoms with van der Waals surface area (Å²) in [5.74, 6) is 2.54. The summed E-state index contributed by atoms with van der Waals surface area (Å²) in [6.07, 6.45) is 1.74. The topological polar surface area (TPSA) is 65.0 Å². The number of nitrogens with one attached hydrogen (secondary N) is 1. The molecule has 3 rings (SSSR count). The van der Waals surface area contributed by atoms with Gasteiger partial charge in [0.05, 0.1) is 4.90 Å². The van der Waals surface area contributed by atoms with Crippen molar-refractivity contribution in [3.8, 4) is 0 Å². The Hall–Kier alpha value is -1.25. The van der Waals surface area contributed by atoms with E-state index >= 15 is 0 Å². The molecule has 2 aliphatic heterocycles. The van der Waals surface area contributed by atoms with Crippen molar-refractivity contribution in [2.75, 3.05) is 45.5 Å². The second-order valence-electron chi connectivity index (χ2n) is 8.12. The van der Waals surface area contributed by atoms with E-state index < -0.39 is 10.0 Å². The van der Waals surface area contributed by atoms with Crippen molar-refractivity contribution in [3.05, 3.63) is 30.3 Å². The minimum Gasteiger partial charge on any atom is -0.356 e. The zero-order valence-electron chi connectivity index (χ0n) is 17.1. The summed E-state index contributed by atoms with van der Waals surface area (Å²) in [4.78, 5) is 7.20. The first-order valence-electron chi connectivity index (χ1n) is 9.96. The summed E-state index contributed by atoms with van der Waals surface area (Å²) in [6, 6.07) is 8.73. The Labute approximate surface area is 173 Å². The minimum atomic E-state index is -3.37. The number of hydrogen-bond acceptors (Lipinski definition) is 4. The number of rotatable bonds is 4. The van der Waals surface area contributed by atoms with Gasteiger partial charge in [-0.05, 0) is 44.7 Å². The van der Waals surface area contributed by atoms with E-state index in [0.717, 1.165) is 44.2 Å². The lowest BCUT2D eigenvalue weighted by molar-refractivity contribution is 0.270. The Balaban J connectivity index is 1.50. The average Bonchev–Trinajstić information content (AvgIpc) is 2.69. The van der Waals surface area contributed by atoms with Gasteiger partial charge in [-0.25, -0.2) is 8.42 Å². The molecule has 1 N–H and O–H groups in total. The van der Waals surface area contributed by atoms with Crippen LogP contribution in [0.15, 0.2) is 40.2 Å². The van der Waals surface area contributed by atoms with Gasteiger partial charge in [0.1, 0.15) is 0 Å². The number of aliphatic imine (C=N–C) groups is 1. The van der Waals surface area contributed by atoms with Gasteiger partial charge in [-0.15, -0.1) is 0 Å². The number of benzene rings is 1. The second-order valence-corrected chi connectivity index (χ2v) is 11.9. The minimum absolute atomic E-state index is 0.243. The Kier molecular flexibility index (Phi) is 6.94. The van der Waals surface area contributed by atoms with Crippen LogP contribution < -0.4 is 5.32 Å². The molecule has 28 heavy (non-hydrogen) atoms. The molecule has 8 heteroatoms. The van der Waals surface area contributed by atoms with Gasteiger partial charge in [0.2, 0.25) is 10.0 Å². The second kappa shape index (κ2) is 9.05. The van der Waals surface area contributed by atoms with Crippen molar-refractivity contribution in [1.82, 2.24) is 14.5 Å². The van der Waals surface area contributed by atoms with Gasteiger partial charge in [0.15, 0.2) is 5.96 Å². The van der Waals surface area contributed by atoms with E-state index in [2.05, 4.69) is 29.1 Å². The number of hydrogen-bond donors (Lipinski definition) is 1. The first kappa shape index (κ1) is 21.5. The van der Waals surface area contributed by atoms with Crippen LogP contribution in [0.4, 0.5) is 0 Å². The maximum atomic E-state index is 12.8. The largest absolute Gasteiger partial charge is 0.356 e. The molecule has 2 heterocycles. The molecule has 2 fully saturated rings. The van der Waals surface area contributed by atoms with Crippen LogP contribution in [0.1, 0.15) is 26.7 Å². The molecule has 0 aliphatic carbocycles. The molecule has 1 aromatic carbocycles. The van der Waals surface area contributed by atoms with Gasteiger partial charge in [-0.3, -0.25) is 4.99 Å². The highest BCUT2D eigenvalue weighted by atomic mass is 32.2. The van der Waals surface area contributed by atoms with Crippen LogP contribution in [0.25, 0.3) is 0 Å². The van der Waals surface area contributed by atoms with E-state index in [9.17, 15) is 8.42 Å². The van der Waals surface area contributed by atoms with Crippen molar-refractivity contribution < 1.29 is 8.42 Å². The molecule has 0 spiro atoms. The molecule has 6 nitrogen and oxygen atoms in total. The van der Waals surface area contributed by atoms with Crippen LogP contribution in [-0.4, -0.2) is 73.9 Å². The van der Waals surface area contributed by atoms with Gasteiger partial charge in [0.25, 0.3) is 0 Å². The van der Waals surface area contributed by atoms with Crippen LogP contribution in [0.5, 0.6) is 0 Å². The molecule has 2 saturated heterocycles. The third kappa shape index (κ3) is 5.21. The van der Waals surface area contributed by atoms with E-state index in [4.69, 9.17) is 0 Å². The molecule has 0 aromatic heterocycles. The summed E-state index contributed by atoms with van der Waals surface area (Å²) in [5, 5.41) is 3.53. The standard InChI is InChI=1S/C20H32N4O2S2/c1-20(2)16-23(13-14-27-20)19(21-3)22-15-17-9-11-24(12-10-17)28(25,26)18-7-5-4-6-8-18/h4-8,17H,9-16H2,1-3H3,(H,21,22). The van der Waals surface area contributed by atoms with Gasteiger partial charge in [0, 0.05) is 50.3 Å². The summed E-state index contributed by atoms with van der Waals surface area (Å²) >= 11 is 2.01.